The fraction of sp³-hybridized carbons (Fsp3) is 0.462. The molecule has 21 heavy (non-hydrogen) atoms. The maximum absolute atomic E-state index is 12.0. The molecule has 1 aliphatic rings. The first-order valence-corrected chi connectivity index (χ1v) is 8.19. The van der Waals surface area contributed by atoms with E-state index in [4.69, 9.17) is 5.73 Å². The van der Waals surface area contributed by atoms with Crippen LogP contribution in [0, 0.1) is 0 Å². The number of carbonyl (C=O) groups is 1. The molecule has 0 amide bonds. The van der Waals surface area contributed by atoms with Gasteiger partial charge in [0.1, 0.15) is 6.29 Å². The summed E-state index contributed by atoms with van der Waals surface area (Å²) in [5.74, 6) is -0.285. The standard InChI is InChI=1S/C13H19N3O4S/c1-2-3-4-9-5-11(14)13(18)12(6-9)16-7-10(8-17)15-21(16,19)20/h5-6,8,10,15,18H,2-4,7,14H2,1H3. The van der Waals surface area contributed by atoms with Crippen LogP contribution in [-0.2, 0) is 21.4 Å². The lowest BCUT2D eigenvalue weighted by atomic mass is 10.1. The molecule has 0 aromatic heterocycles. The Kier molecular flexibility index (Phi) is 4.38. The number of unbranched alkanes of at least 4 members (excludes halogenated alkanes) is 1. The molecular weight excluding hydrogens is 294 g/mol. The maximum atomic E-state index is 12.0. The normalized spacial score (nSPS) is 20.6. The number of phenolic OH excluding ortho intramolecular Hbond substituents is 1. The molecule has 0 saturated carbocycles. The predicted octanol–water partition coefficient (Wildman–Crippen LogP) is 0.539. The van der Waals surface area contributed by atoms with E-state index in [1.807, 2.05) is 6.92 Å². The number of nitrogens with two attached hydrogens (primary N) is 1. The number of rotatable bonds is 5. The Balaban J connectivity index is 2.43. The summed E-state index contributed by atoms with van der Waals surface area (Å²) in [6.07, 6.45) is 3.20. The fourth-order valence-corrected chi connectivity index (χ4v) is 3.68. The van der Waals surface area contributed by atoms with Crippen molar-refractivity contribution in [1.82, 2.24) is 4.72 Å². The van der Waals surface area contributed by atoms with Crippen LogP contribution in [0.4, 0.5) is 11.4 Å². The number of anilines is 2. The third-order valence-electron chi connectivity index (χ3n) is 3.38. The molecule has 1 heterocycles. The molecular formula is C13H19N3O4S. The summed E-state index contributed by atoms with van der Waals surface area (Å²) in [6.45, 7) is 1.99. The molecule has 4 N–H and O–H groups in total. The van der Waals surface area contributed by atoms with Crippen LogP contribution in [0.3, 0.4) is 0 Å². The summed E-state index contributed by atoms with van der Waals surface area (Å²) in [7, 11) is -3.84. The van der Waals surface area contributed by atoms with E-state index in [2.05, 4.69) is 4.72 Å². The van der Waals surface area contributed by atoms with Crippen molar-refractivity contribution in [2.24, 2.45) is 0 Å². The molecule has 2 rings (SSSR count). The Labute approximate surface area is 123 Å². The highest BCUT2D eigenvalue weighted by molar-refractivity contribution is 7.91. The van der Waals surface area contributed by atoms with Gasteiger partial charge in [-0.25, -0.2) is 0 Å². The lowest BCUT2D eigenvalue weighted by molar-refractivity contribution is -0.108. The molecule has 1 saturated heterocycles. The number of aromatic hydroxyl groups is 1. The maximum Gasteiger partial charge on any atom is 0.302 e. The van der Waals surface area contributed by atoms with Crippen molar-refractivity contribution in [3.8, 4) is 5.75 Å². The van der Waals surface area contributed by atoms with Gasteiger partial charge in [-0.1, -0.05) is 13.3 Å². The SMILES string of the molecule is CCCCc1cc(N)c(O)c(N2CC(C=O)NS2(=O)=O)c1. The summed E-state index contributed by atoms with van der Waals surface area (Å²) in [4.78, 5) is 10.8. The topological polar surface area (TPSA) is 113 Å². The third-order valence-corrected chi connectivity index (χ3v) is 4.91. The van der Waals surface area contributed by atoms with Gasteiger partial charge in [-0.2, -0.15) is 13.1 Å². The van der Waals surface area contributed by atoms with Crippen molar-refractivity contribution in [2.45, 2.75) is 32.2 Å². The van der Waals surface area contributed by atoms with Gasteiger partial charge >= 0.3 is 10.2 Å². The number of aldehydes is 1. The van der Waals surface area contributed by atoms with E-state index in [1.165, 1.54) is 0 Å². The molecule has 1 aromatic carbocycles. The first kappa shape index (κ1) is 15.6. The number of nitrogens with one attached hydrogen (secondary N) is 1. The largest absolute Gasteiger partial charge is 0.504 e. The van der Waals surface area contributed by atoms with Gasteiger partial charge in [-0.3, -0.25) is 4.31 Å². The summed E-state index contributed by atoms with van der Waals surface area (Å²) < 4.78 is 27.2. The second kappa shape index (κ2) is 5.90. The lowest BCUT2D eigenvalue weighted by Gasteiger charge is -2.19. The van der Waals surface area contributed by atoms with E-state index in [0.29, 0.717) is 6.29 Å². The van der Waals surface area contributed by atoms with Crippen LogP contribution in [0.1, 0.15) is 25.3 Å². The van der Waals surface area contributed by atoms with E-state index >= 15 is 0 Å². The van der Waals surface area contributed by atoms with Crippen LogP contribution < -0.4 is 14.8 Å². The Bertz CT molecular complexity index is 645. The molecule has 1 aliphatic heterocycles. The van der Waals surface area contributed by atoms with Crippen LogP contribution in [0.25, 0.3) is 0 Å². The monoisotopic (exact) mass is 313 g/mol. The van der Waals surface area contributed by atoms with Crippen LogP contribution in [-0.4, -0.2) is 32.4 Å². The molecule has 1 unspecified atom stereocenters. The molecule has 1 aromatic rings. The van der Waals surface area contributed by atoms with Gasteiger partial charge in [0.2, 0.25) is 0 Å². The molecule has 7 nitrogen and oxygen atoms in total. The smallest absolute Gasteiger partial charge is 0.302 e. The Morgan fingerprint density at radius 1 is 1.52 bits per heavy atom. The van der Waals surface area contributed by atoms with Crippen LogP contribution in [0.2, 0.25) is 0 Å². The highest BCUT2D eigenvalue weighted by atomic mass is 32.2. The van der Waals surface area contributed by atoms with Crippen molar-refractivity contribution in [3.05, 3.63) is 17.7 Å². The van der Waals surface area contributed by atoms with E-state index in [-0.39, 0.29) is 23.7 Å². The molecule has 0 radical (unpaired) electrons. The average Bonchev–Trinajstić information content (AvgIpc) is 2.75. The van der Waals surface area contributed by atoms with E-state index in [1.54, 1.807) is 12.1 Å². The molecule has 8 heteroatoms. The van der Waals surface area contributed by atoms with Gasteiger partial charge in [0.05, 0.1) is 24.0 Å². The highest BCUT2D eigenvalue weighted by Crippen LogP contribution is 2.37. The molecule has 1 fully saturated rings. The fourth-order valence-electron chi connectivity index (χ4n) is 2.28. The number of phenols is 1. The number of nitrogen functional groups attached to an aromatic ring is 1. The zero-order valence-electron chi connectivity index (χ0n) is 11.7. The summed E-state index contributed by atoms with van der Waals surface area (Å²) in [5, 5.41) is 10.1. The molecule has 0 bridgehead atoms. The first-order chi connectivity index (χ1) is 9.89. The number of hydrogen-bond acceptors (Lipinski definition) is 5. The quantitative estimate of drug-likeness (QED) is 0.417. The number of carbonyl (C=O) groups excluding carboxylic acids is 1. The second-order valence-electron chi connectivity index (χ2n) is 5.05. The van der Waals surface area contributed by atoms with E-state index < -0.39 is 16.3 Å². The molecule has 116 valence electrons. The summed E-state index contributed by atoms with van der Waals surface area (Å²) in [6, 6.07) is 2.42. The minimum Gasteiger partial charge on any atom is -0.504 e. The van der Waals surface area contributed by atoms with Crippen molar-refractivity contribution in [1.29, 1.82) is 0 Å². The first-order valence-electron chi connectivity index (χ1n) is 6.75. The summed E-state index contributed by atoms with van der Waals surface area (Å²) in [5.41, 5.74) is 6.85. The molecule has 1 atom stereocenters. The van der Waals surface area contributed by atoms with Gasteiger partial charge in [0, 0.05) is 0 Å². The number of hydrogen-bond donors (Lipinski definition) is 3. The van der Waals surface area contributed by atoms with Gasteiger partial charge in [-0.05, 0) is 30.5 Å². The second-order valence-corrected chi connectivity index (χ2v) is 6.68. The Morgan fingerprint density at radius 3 is 2.81 bits per heavy atom. The molecule has 0 aliphatic carbocycles. The predicted molar refractivity (Wildman–Crippen MR) is 80.4 cm³/mol. The van der Waals surface area contributed by atoms with Crippen molar-refractivity contribution in [3.63, 3.8) is 0 Å². The number of nitrogens with zero attached hydrogens (tertiary/aromatic N) is 1. The van der Waals surface area contributed by atoms with Crippen LogP contribution in [0.5, 0.6) is 5.75 Å². The van der Waals surface area contributed by atoms with Gasteiger partial charge in [0.15, 0.2) is 5.75 Å². The van der Waals surface area contributed by atoms with Crippen LogP contribution in [0.15, 0.2) is 12.1 Å². The molecule has 0 spiro atoms. The van der Waals surface area contributed by atoms with E-state index in [0.717, 1.165) is 29.1 Å². The van der Waals surface area contributed by atoms with Gasteiger partial charge in [-0.15, -0.1) is 0 Å². The lowest BCUT2D eigenvalue weighted by Crippen LogP contribution is -2.30. The van der Waals surface area contributed by atoms with Crippen molar-refractivity contribution in [2.75, 3.05) is 16.6 Å². The van der Waals surface area contributed by atoms with Crippen molar-refractivity contribution < 1.29 is 18.3 Å². The van der Waals surface area contributed by atoms with Gasteiger partial charge < -0.3 is 15.6 Å². The minimum atomic E-state index is -3.84. The number of benzene rings is 1. The van der Waals surface area contributed by atoms with E-state index in [9.17, 15) is 18.3 Å². The van der Waals surface area contributed by atoms with Crippen LogP contribution >= 0.6 is 0 Å². The van der Waals surface area contributed by atoms with Gasteiger partial charge in [0.25, 0.3) is 0 Å². The zero-order valence-corrected chi connectivity index (χ0v) is 12.6. The highest BCUT2D eigenvalue weighted by Gasteiger charge is 2.37. The van der Waals surface area contributed by atoms with Crippen molar-refractivity contribution >= 4 is 27.9 Å². The number of aryl methyl sites for hydroxylation is 1. The Morgan fingerprint density at radius 2 is 2.24 bits per heavy atom. The minimum absolute atomic E-state index is 0.0595. The third kappa shape index (κ3) is 3.11. The average molecular weight is 313 g/mol. The summed E-state index contributed by atoms with van der Waals surface area (Å²) >= 11 is 0. The Hall–Kier alpha value is -1.80. The zero-order chi connectivity index (χ0) is 15.6.